The Kier molecular flexibility index (Phi) is 5.21. The Morgan fingerprint density at radius 2 is 2.38 bits per heavy atom. The molecular formula is C10H14FN3O2. The van der Waals surface area contributed by atoms with Gasteiger partial charge >= 0.3 is 0 Å². The highest BCUT2D eigenvalue weighted by atomic mass is 19.1. The first-order chi connectivity index (χ1) is 7.72. The molecule has 88 valence electrons. The zero-order chi connectivity index (χ0) is 11.8. The van der Waals surface area contributed by atoms with Crippen molar-refractivity contribution in [2.75, 3.05) is 32.1 Å². The van der Waals surface area contributed by atoms with Crippen LogP contribution in [0.25, 0.3) is 0 Å². The zero-order valence-corrected chi connectivity index (χ0v) is 9.00. The summed E-state index contributed by atoms with van der Waals surface area (Å²) in [5, 5.41) is 5.33. The molecule has 16 heavy (non-hydrogen) atoms. The number of nitrogens with one attached hydrogen (secondary N) is 2. The fraction of sp³-hybridized carbons (Fsp3) is 0.400. The van der Waals surface area contributed by atoms with Crippen molar-refractivity contribution in [2.45, 2.75) is 0 Å². The summed E-state index contributed by atoms with van der Waals surface area (Å²) < 4.78 is 17.4. The first-order valence-electron chi connectivity index (χ1n) is 4.84. The van der Waals surface area contributed by atoms with E-state index >= 15 is 0 Å². The Morgan fingerprint density at radius 1 is 1.56 bits per heavy atom. The number of nitrogens with zero attached hydrogens (tertiary/aromatic N) is 1. The first kappa shape index (κ1) is 12.4. The molecule has 0 unspecified atom stereocenters. The van der Waals surface area contributed by atoms with Crippen LogP contribution >= 0.6 is 0 Å². The number of hydrogen-bond donors (Lipinski definition) is 2. The van der Waals surface area contributed by atoms with E-state index in [0.29, 0.717) is 19.0 Å². The summed E-state index contributed by atoms with van der Waals surface area (Å²) in [7, 11) is 1.56. The van der Waals surface area contributed by atoms with E-state index in [4.69, 9.17) is 4.74 Å². The number of methoxy groups -OCH3 is 1. The molecule has 1 heterocycles. The molecule has 1 amide bonds. The van der Waals surface area contributed by atoms with Gasteiger partial charge in [-0.2, -0.15) is 4.39 Å². The average molecular weight is 227 g/mol. The van der Waals surface area contributed by atoms with Gasteiger partial charge in [-0.3, -0.25) is 4.79 Å². The average Bonchev–Trinajstić information content (AvgIpc) is 2.27. The molecular weight excluding hydrogens is 213 g/mol. The molecule has 0 bridgehead atoms. The van der Waals surface area contributed by atoms with E-state index in [1.165, 1.54) is 12.1 Å². The molecule has 0 fully saturated rings. The number of halogens is 1. The molecule has 0 aromatic carbocycles. The van der Waals surface area contributed by atoms with Gasteiger partial charge in [0.25, 0.3) is 0 Å². The van der Waals surface area contributed by atoms with Crippen molar-refractivity contribution in [1.29, 1.82) is 0 Å². The predicted molar refractivity (Wildman–Crippen MR) is 57.6 cm³/mol. The number of hydrogen-bond acceptors (Lipinski definition) is 4. The number of anilines is 1. The standard InChI is InChI=1S/C10H14FN3O2/c1-16-6-5-12-10(15)7-13-9-4-2-3-8(11)14-9/h2-4H,5-7H2,1H3,(H,12,15)(H,13,14). The molecule has 0 aliphatic rings. The Bertz CT molecular complexity index is 347. The Labute approximate surface area is 93.0 Å². The lowest BCUT2D eigenvalue weighted by molar-refractivity contribution is -0.119. The summed E-state index contributed by atoms with van der Waals surface area (Å²) in [6.45, 7) is 0.970. The fourth-order valence-corrected chi connectivity index (χ4v) is 1.03. The van der Waals surface area contributed by atoms with Gasteiger partial charge in [-0.1, -0.05) is 6.07 Å². The predicted octanol–water partition coefficient (Wildman–Crippen LogP) is 0.395. The maximum Gasteiger partial charge on any atom is 0.239 e. The van der Waals surface area contributed by atoms with Crippen LogP contribution < -0.4 is 10.6 Å². The van der Waals surface area contributed by atoms with Crippen molar-refractivity contribution >= 4 is 11.7 Å². The van der Waals surface area contributed by atoms with Crippen LogP contribution in [0.15, 0.2) is 18.2 Å². The topological polar surface area (TPSA) is 63.2 Å². The maximum absolute atomic E-state index is 12.7. The molecule has 5 nitrogen and oxygen atoms in total. The molecule has 1 aromatic rings. The highest BCUT2D eigenvalue weighted by Gasteiger charge is 2.01. The van der Waals surface area contributed by atoms with Crippen molar-refractivity contribution in [3.8, 4) is 0 Å². The molecule has 0 aliphatic heterocycles. The number of carbonyl (C=O) groups is 1. The van der Waals surface area contributed by atoms with Gasteiger partial charge in [0.2, 0.25) is 11.9 Å². The molecule has 0 saturated heterocycles. The molecule has 0 saturated carbocycles. The van der Waals surface area contributed by atoms with E-state index in [1.54, 1.807) is 13.2 Å². The van der Waals surface area contributed by atoms with E-state index in [0.717, 1.165) is 0 Å². The smallest absolute Gasteiger partial charge is 0.239 e. The summed E-state index contributed by atoms with van der Waals surface area (Å²) >= 11 is 0. The van der Waals surface area contributed by atoms with E-state index in [1.807, 2.05) is 0 Å². The molecule has 1 rings (SSSR count). The third-order valence-corrected chi connectivity index (χ3v) is 1.77. The second-order valence-electron chi connectivity index (χ2n) is 3.04. The second-order valence-corrected chi connectivity index (χ2v) is 3.04. The normalized spacial score (nSPS) is 9.88. The van der Waals surface area contributed by atoms with Gasteiger partial charge < -0.3 is 15.4 Å². The number of pyridine rings is 1. The van der Waals surface area contributed by atoms with Gasteiger partial charge in [-0.15, -0.1) is 0 Å². The summed E-state index contributed by atoms with van der Waals surface area (Å²) in [5.41, 5.74) is 0. The second kappa shape index (κ2) is 6.73. The Hall–Kier alpha value is -1.69. The van der Waals surface area contributed by atoms with E-state index in [9.17, 15) is 9.18 Å². The number of rotatable bonds is 6. The molecule has 0 atom stereocenters. The lowest BCUT2D eigenvalue weighted by Gasteiger charge is -2.06. The summed E-state index contributed by atoms with van der Waals surface area (Å²) in [6, 6.07) is 4.35. The van der Waals surface area contributed by atoms with Gasteiger partial charge in [0.15, 0.2) is 0 Å². The number of carbonyl (C=O) groups excluding carboxylic acids is 1. The van der Waals surface area contributed by atoms with E-state index in [-0.39, 0.29) is 12.5 Å². The fourth-order valence-electron chi connectivity index (χ4n) is 1.03. The third-order valence-electron chi connectivity index (χ3n) is 1.77. The van der Waals surface area contributed by atoms with E-state index in [2.05, 4.69) is 15.6 Å². The monoisotopic (exact) mass is 227 g/mol. The van der Waals surface area contributed by atoms with Crippen molar-refractivity contribution in [2.24, 2.45) is 0 Å². The van der Waals surface area contributed by atoms with Crippen molar-refractivity contribution in [3.63, 3.8) is 0 Å². The van der Waals surface area contributed by atoms with Crippen LogP contribution in [0.5, 0.6) is 0 Å². The van der Waals surface area contributed by atoms with Crippen LogP contribution in [0.3, 0.4) is 0 Å². The molecule has 0 aliphatic carbocycles. The van der Waals surface area contributed by atoms with Crippen LogP contribution in [-0.4, -0.2) is 37.7 Å². The molecule has 1 aromatic heterocycles. The highest BCUT2D eigenvalue weighted by Crippen LogP contribution is 2.02. The van der Waals surface area contributed by atoms with Crippen LogP contribution in [0, 0.1) is 5.95 Å². The van der Waals surface area contributed by atoms with Crippen molar-refractivity contribution in [1.82, 2.24) is 10.3 Å². The largest absolute Gasteiger partial charge is 0.383 e. The highest BCUT2D eigenvalue weighted by molar-refractivity contribution is 5.80. The third kappa shape index (κ3) is 4.70. The molecule has 0 spiro atoms. The van der Waals surface area contributed by atoms with Gasteiger partial charge in [-0.25, -0.2) is 4.98 Å². The Morgan fingerprint density at radius 3 is 3.06 bits per heavy atom. The van der Waals surface area contributed by atoms with Crippen LogP contribution in [0.1, 0.15) is 0 Å². The van der Waals surface area contributed by atoms with Gasteiger partial charge in [0.05, 0.1) is 13.2 Å². The van der Waals surface area contributed by atoms with Crippen LogP contribution in [-0.2, 0) is 9.53 Å². The van der Waals surface area contributed by atoms with Crippen molar-refractivity contribution < 1.29 is 13.9 Å². The zero-order valence-electron chi connectivity index (χ0n) is 9.00. The Balaban J connectivity index is 2.26. The summed E-state index contributed by atoms with van der Waals surface area (Å²) in [4.78, 5) is 14.8. The molecule has 0 radical (unpaired) electrons. The lowest BCUT2D eigenvalue weighted by atomic mass is 10.4. The maximum atomic E-state index is 12.7. The van der Waals surface area contributed by atoms with Gasteiger partial charge in [0, 0.05) is 13.7 Å². The number of amides is 1. The van der Waals surface area contributed by atoms with Crippen LogP contribution in [0.4, 0.5) is 10.2 Å². The lowest BCUT2D eigenvalue weighted by Crippen LogP contribution is -2.32. The minimum Gasteiger partial charge on any atom is -0.383 e. The van der Waals surface area contributed by atoms with Crippen molar-refractivity contribution in [3.05, 3.63) is 24.1 Å². The minimum absolute atomic E-state index is 0.0557. The summed E-state index contributed by atoms with van der Waals surface area (Å²) in [5.74, 6) is -0.435. The number of ether oxygens (including phenoxy) is 1. The molecule has 2 N–H and O–H groups in total. The summed E-state index contributed by atoms with van der Waals surface area (Å²) in [6.07, 6.45) is 0. The van der Waals surface area contributed by atoms with Gasteiger partial charge in [0.1, 0.15) is 5.82 Å². The minimum atomic E-state index is -0.579. The quantitative estimate of drug-likeness (QED) is 0.545. The van der Waals surface area contributed by atoms with E-state index < -0.39 is 5.95 Å². The number of aromatic nitrogens is 1. The van der Waals surface area contributed by atoms with Gasteiger partial charge in [-0.05, 0) is 12.1 Å². The first-order valence-corrected chi connectivity index (χ1v) is 4.84. The van der Waals surface area contributed by atoms with Crippen LogP contribution in [0.2, 0.25) is 0 Å². The SMILES string of the molecule is COCCNC(=O)CNc1cccc(F)n1. The molecule has 6 heteroatoms.